The fraction of sp³-hybridized carbons (Fsp3) is 0.357. The SMILES string of the molecule is Cc1nc(CN(C)Cc2cccc(CN)c2)cs1. The van der Waals surface area contributed by atoms with Crippen molar-refractivity contribution in [2.75, 3.05) is 7.05 Å². The van der Waals surface area contributed by atoms with Gasteiger partial charge in [-0.15, -0.1) is 11.3 Å². The molecule has 0 aliphatic heterocycles. The van der Waals surface area contributed by atoms with Crippen LogP contribution in [0, 0.1) is 6.92 Å². The number of rotatable bonds is 5. The molecular weight excluding hydrogens is 242 g/mol. The lowest BCUT2D eigenvalue weighted by Gasteiger charge is -2.15. The van der Waals surface area contributed by atoms with Crippen molar-refractivity contribution in [2.24, 2.45) is 5.73 Å². The van der Waals surface area contributed by atoms with Crippen molar-refractivity contribution in [1.29, 1.82) is 0 Å². The van der Waals surface area contributed by atoms with E-state index in [9.17, 15) is 0 Å². The zero-order valence-electron chi connectivity index (χ0n) is 10.9. The Labute approximate surface area is 112 Å². The highest BCUT2D eigenvalue weighted by Crippen LogP contribution is 2.12. The molecule has 0 amide bonds. The Bertz CT molecular complexity index is 507. The zero-order valence-corrected chi connectivity index (χ0v) is 11.7. The molecule has 1 aromatic carbocycles. The van der Waals surface area contributed by atoms with Crippen molar-refractivity contribution in [1.82, 2.24) is 9.88 Å². The Morgan fingerprint density at radius 3 is 2.72 bits per heavy atom. The van der Waals surface area contributed by atoms with Crippen LogP contribution in [0.1, 0.15) is 21.8 Å². The van der Waals surface area contributed by atoms with Crippen molar-refractivity contribution in [3.63, 3.8) is 0 Å². The lowest BCUT2D eigenvalue weighted by Crippen LogP contribution is -2.17. The third-order valence-corrected chi connectivity index (χ3v) is 3.60. The number of aromatic nitrogens is 1. The second-order valence-electron chi connectivity index (χ2n) is 4.55. The number of nitrogens with zero attached hydrogens (tertiary/aromatic N) is 2. The molecule has 0 unspecified atom stereocenters. The first-order chi connectivity index (χ1) is 8.67. The molecule has 2 aromatic rings. The third-order valence-electron chi connectivity index (χ3n) is 2.78. The largest absolute Gasteiger partial charge is 0.326 e. The van der Waals surface area contributed by atoms with E-state index >= 15 is 0 Å². The van der Waals surface area contributed by atoms with E-state index in [1.54, 1.807) is 11.3 Å². The first kappa shape index (κ1) is 13.2. The second-order valence-corrected chi connectivity index (χ2v) is 5.62. The average Bonchev–Trinajstić information content (AvgIpc) is 2.74. The molecule has 1 aromatic heterocycles. The predicted molar refractivity (Wildman–Crippen MR) is 76.4 cm³/mol. The van der Waals surface area contributed by atoms with Gasteiger partial charge in [0.05, 0.1) is 10.7 Å². The third kappa shape index (κ3) is 3.63. The van der Waals surface area contributed by atoms with Crippen LogP contribution in [0.25, 0.3) is 0 Å². The minimum Gasteiger partial charge on any atom is -0.326 e. The Morgan fingerprint density at radius 2 is 2.06 bits per heavy atom. The Morgan fingerprint density at radius 1 is 1.28 bits per heavy atom. The van der Waals surface area contributed by atoms with Crippen LogP contribution in [0.5, 0.6) is 0 Å². The number of benzene rings is 1. The minimum absolute atomic E-state index is 0.600. The Balaban J connectivity index is 1.96. The maximum absolute atomic E-state index is 5.65. The molecule has 3 nitrogen and oxygen atoms in total. The summed E-state index contributed by atoms with van der Waals surface area (Å²) >= 11 is 1.70. The number of hydrogen-bond donors (Lipinski definition) is 1. The summed E-state index contributed by atoms with van der Waals surface area (Å²) in [6, 6.07) is 8.44. The zero-order chi connectivity index (χ0) is 13.0. The molecule has 4 heteroatoms. The monoisotopic (exact) mass is 261 g/mol. The quantitative estimate of drug-likeness (QED) is 0.899. The van der Waals surface area contributed by atoms with E-state index < -0.39 is 0 Å². The van der Waals surface area contributed by atoms with E-state index in [4.69, 9.17) is 5.73 Å². The van der Waals surface area contributed by atoms with E-state index in [0.29, 0.717) is 6.54 Å². The first-order valence-electron chi connectivity index (χ1n) is 6.05. The topological polar surface area (TPSA) is 42.2 Å². The van der Waals surface area contributed by atoms with Crippen LogP contribution in [0.2, 0.25) is 0 Å². The molecule has 18 heavy (non-hydrogen) atoms. The molecule has 0 aliphatic rings. The maximum atomic E-state index is 5.65. The fourth-order valence-electron chi connectivity index (χ4n) is 1.98. The molecule has 0 atom stereocenters. The van der Waals surface area contributed by atoms with Crippen LogP contribution in [0.4, 0.5) is 0 Å². The van der Waals surface area contributed by atoms with Gasteiger partial charge in [-0.05, 0) is 25.1 Å². The number of aryl methyl sites for hydroxylation is 1. The van der Waals surface area contributed by atoms with Crippen molar-refractivity contribution < 1.29 is 0 Å². The van der Waals surface area contributed by atoms with E-state index in [1.165, 1.54) is 11.1 Å². The standard InChI is InChI=1S/C14H19N3S/c1-11-16-14(10-18-11)9-17(2)8-13-5-3-4-12(6-13)7-15/h3-6,10H,7-9,15H2,1-2H3. The minimum atomic E-state index is 0.600. The van der Waals surface area contributed by atoms with E-state index in [0.717, 1.165) is 23.8 Å². The van der Waals surface area contributed by atoms with Gasteiger partial charge >= 0.3 is 0 Å². The smallest absolute Gasteiger partial charge is 0.0897 e. The molecule has 0 spiro atoms. The average molecular weight is 261 g/mol. The van der Waals surface area contributed by atoms with Gasteiger partial charge in [-0.3, -0.25) is 4.90 Å². The van der Waals surface area contributed by atoms with Gasteiger partial charge in [0.1, 0.15) is 0 Å². The molecule has 1 heterocycles. The van der Waals surface area contributed by atoms with Crippen LogP contribution in [-0.4, -0.2) is 16.9 Å². The van der Waals surface area contributed by atoms with E-state index in [-0.39, 0.29) is 0 Å². The summed E-state index contributed by atoms with van der Waals surface area (Å²) < 4.78 is 0. The van der Waals surface area contributed by atoms with Gasteiger partial charge < -0.3 is 5.73 Å². The van der Waals surface area contributed by atoms with Crippen molar-refractivity contribution in [3.05, 3.63) is 51.5 Å². The molecule has 0 radical (unpaired) electrons. The summed E-state index contributed by atoms with van der Waals surface area (Å²) in [7, 11) is 2.11. The summed E-state index contributed by atoms with van der Waals surface area (Å²) in [5, 5.41) is 3.26. The molecule has 96 valence electrons. The molecule has 0 bridgehead atoms. The van der Waals surface area contributed by atoms with Gasteiger partial charge in [0.15, 0.2) is 0 Å². The van der Waals surface area contributed by atoms with E-state index in [2.05, 4.69) is 46.6 Å². The number of nitrogens with two attached hydrogens (primary N) is 1. The highest BCUT2D eigenvalue weighted by atomic mass is 32.1. The Kier molecular flexibility index (Phi) is 4.47. The highest BCUT2D eigenvalue weighted by molar-refractivity contribution is 7.09. The summed E-state index contributed by atoms with van der Waals surface area (Å²) in [5.74, 6) is 0. The number of hydrogen-bond acceptors (Lipinski definition) is 4. The Hall–Kier alpha value is -1.23. The van der Waals surface area contributed by atoms with Gasteiger partial charge in [0.25, 0.3) is 0 Å². The van der Waals surface area contributed by atoms with Gasteiger partial charge in [0, 0.05) is 25.0 Å². The molecular formula is C14H19N3S. The van der Waals surface area contributed by atoms with Gasteiger partial charge in [0.2, 0.25) is 0 Å². The lowest BCUT2D eigenvalue weighted by atomic mass is 10.1. The van der Waals surface area contributed by atoms with Crippen molar-refractivity contribution in [2.45, 2.75) is 26.6 Å². The summed E-state index contributed by atoms with van der Waals surface area (Å²) in [6.45, 7) is 4.45. The predicted octanol–water partition coefficient (Wildman–Crippen LogP) is 2.54. The molecule has 0 saturated carbocycles. The van der Waals surface area contributed by atoms with Crippen molar-refractivity contribution >= 4 is 11.3 Å². The van der Waals surface area contributed by atoms with Crippen LogP contribution in [0.3, 0.4) is 0 Å². The molecule has 0 fully saturated rings. The maximum Gasteiger partial charge on any atom is 0.0897 e. The van der Waals surface area contributed by atoms with Gasteiger partial charge in [-0.1, -0.05) is 24.3 Å². The van der Waals surface area contributed by atoms with E-state index in [1.807, 2.05) is 6.92 Å². The molecule has 2 N–H and O–H groups in total. The van der Waals surface area contributed by atoms with Gasteiger partial charge in [-0.25, -0.2) is 4.98 Å². The molecule has 0 aliphatic carbocycles. The second kappa shape index (κ2) is 6.09. The van der Waals surface area contributed by atoms with Crippen LogP contribution < -0.4 is 5.73 Å². The van der Waals surface area contributed by atoms with Gasteiger partial charge in [-0.2, -0.15) is 0 Å². The fourth-order valence-corrected chi connectivity index (χ4v) is 2.58. The van der Waals surface area contributed by atoms with Crippen LogP contribution in [-0.2, 0) is 19.6 Å². The molecule has 2 rings (SSSR count). The summed E-state index contributed by atoms with van der Waals surface area (Å²) in [4.78, 5) is 6.75. The van der Waals surface area contributed by atoms with Crippen LogP contribution >= 0.6 is 11.3 Å². The lowest BCUT2D eigenvalue weighted by molar-refractivity contribution is 0.315. The molecule has 0 saturated heterocycles. The number of thiazole rings is 1. The summed E-state index contributed by atoms with van der Waals surface area (Å²) in [6.07, 6.45) is 0. The van der Waals surface area contributed by atoms with Crippen LogP contribution in [0.15, 0.2) is 29.6 Å². The highest BCUT2D eigenvalue weighted by Gasteiger charge is 2.05. The summed E-state index contributed by atoms with van der Waals surface area (Å²) in [5.41, 5.74) is 9.29. The normalized spacial score (nSPS) is 11.1. The van der Waals surface area contributed by atoms with Crippen molar-refractivity contribution in [3.8, 4) is 0 Å². The first-order valence-corrected chi connectivity index (χ1v) is 6.93.